The van der Waals surface area contributed by atoms with Gasteiger partial charge in [-0.25, -0.2) is 9.50 Å². The molecule has 11 heteroatoms. The molecule has 1 aliphatic rings. The van der Waals surface area contributed by atoms with Crippen LogP contribution in [-0.4, -0.2) is 53.0 Å². The molecule has 0 aliphatic carbocycles. The molecule has 2 aromatic heterocycles. The molecule has 0 spiro atoms. The number of hydrogen-bond acceptors (Lipinski definition) is 6. The molecule has 8 nitrogen and oxygen atoms in total. The Hall–Kier alpha value is -4.28. The van der Waals surface area contributed by atoms with Crippen LogP contribution in [0.2, 0.25) is 0 Å². The number of fused-ring (bicyclic) bond motifs is 1. The van der Waals surface area contributed by atoms with Gasteiger partial charge in [-0.1, -0.05) is 19.1 Å². The number of amides is 1. The summed E-state index contributed by atoms with van der Waals surface area (Å²) in [6, 6.07) is 16.1. The molecule has 0 saturated carbocycles. The molecular weight excluding hydrogens is 509 g/mol. The number of carbonyl (C=O) groups is 1. The molecule has 1 fully saturated rings. The molecule has 4 aromatic rings. The van der Waals surface area contributed by atoms with E-state index in [2.05, 4.69) is 29.9 Å². The van der Waals surface area contributed by atoms with Crippen molar-refractivity contribution in [2.24, 2.45) is 0 Å². The van der Waals surface area contributed by atoms with Gasteiger partial charge < -0.3 is 19.9 Å². The molecule has 39 heavy (non-hydrogen) atoms. The highest BCUT2D eigenvalue weighted by Crippen LogP contribution is 2.29. The average Bonchev–Trinajstić information content (AvgIpc) is 3.27. The Morgan fingerprint density at radius 3 is 2.44 bits per heavy atom. The lowest BCUT2D eigenvalue weighted by atomic mass is 10.0. The lowest BCUT2D eigenvalue weighted by Crippen LogP contribution is -2.58. The predicted octanol–water partition coefficient (Wildman–Crippen LogP) is 4.75. The summed E-state index contributed by atoms with van der Waals surface area (Å²) in [6.45, 7) is 5.77. The third-order valence-corrected chi connectivity index (χ3v) is 6.98. The monoisotopic (exact) mass is 538 g/mol. The Morgan fingerprint density at radius 1 is 1.10 bits per heavy atom. The first kappa shape index (κ1) is 26.3. The number of aryl methyl sites for hydroxylation is 2. The summed E-state index contributed by atoms with van der Waals surface area (Å²) in [6.07, 6.45) is -2.39. The number of nitrogens with zero attached hydrogens (tertiary/aromatic N) is 5. The molecule has 0 bridgehead atoms. The van der Waals surface area contributed by atoms with Gasteiger partial charge in [0.15, 0.2) is 5.65 Å². The second-order valence-corrected chi connectivity index (χ2v) is 9.56. The summed E-state index contributed by atoms with van der Waals surface area (Å²) < 4.78 is 42.8. The zero-order valence-corrected chi connectivity index (χ0v) is 21.9. The standard InChI is InChI=1S/C28H29F3N6O2/c1-4-24-25(26-32-14-13-18(2)37(26)34-24)27(38)33-15-19-5-7-20(8-6-19)35(3)22-16-36(17-22)21-9-11-23(12-10-21)39-28(29,30)31/h5-14,22H,4,15-17H2,1-3H3,(H,33,38). The highest BCUT2D eigenvalue weighted by Gasteiger charge is 2.32. The van der Waals surface area contributed by atoms with E-state index in [1.165, 1.54) is 12.1 Å². The summed E-state index contributed by atoms with van der Waals surface area (Å²) in [5.41, 5.74) is 5.55. The van der Waals surface area contributed by atoms with Gasteiger partial charge in [0.2, 0.25) is 0 Å². The maximum Gasteiger partial charge on any atom is 0.573 e. The molecule has 5 rings (SSSR count). The lowest BCUT2D eigenvalue weighted by Gasteiger charge is -2.46. The molecule has 1 aliphatic heterocycles. The van der Waals surface area contributed by atoms with Crippen LogP contribution < -0.4 is 19.9 Å². The third-order valence-electron chi connectivity index (χ3n) is 6.98. The minimum Gasteiger partial charge on any atom is -0.406 e. The molecule has 0 unspecified atom stereocenters. The first-order chi connectivity index (χ1) is 18.6. The molecule has 1 amide bonds. The maximum atomic E-state index is 13.0. The number of aromatic nitrogens is 3. The topological polar surface area (TPSA) is 75.0 Å². The van der Waals surface area contributed by atoms with E-state index in [-0.39, 0.29) is 17.7 Å². The number of rotatable bonds is 8. The van der Waals surface area contributed by atoms with Crippen molar-refractivity contribution in [3.05, 3.63) is 83.3 Å². The van der Waals surface area contributed by atoms with E-state index in [9.17, 15) is 18.0 Å². The molecule has 1 N–H and O–H groups in total. The van der Waals surface area contributed by atoms with Crippen LogP contribution in [0.15, 0.2) is 60.8 Å². The van der Waals surface area contributed by atoms with E-state index in [1.807, 2.05) is 51.2 Å². The van der Waals surface area contributed by atoms with Crippen LogP contribution in [0.3, 0.4) is 0 Å². The smallest absolute Gasteiger partial charge is 0.406 e. The molecule has 1 saturated heterocycles. The molecule has 3 heterocycles. The fraction of sp³-hybridized carbons (Fsp3) is 0.321. The fourth-order valence-electron chi connectivity index (χ4n) is 4.68. The van der Waals surface area contributed by atoms with Gasteiger partial charge in [0.05, 0.1) is 11.7 Å². The van der Waals surface area contributed by atoms with Crippen LogP contribution >= 0.6 is 0 Å². The first-order valence-electron chi connectivity index (χ1n) is 12.7. The molecule has 204 valence electrons. The second-order valence-electron chi connectivity index (χ2n) is 9.56. The average molecular weight is 539 g/mol. The number of nitrogens with one attached hydrogen (secondary N) is 1. The number of anilines is 2. The van der Waals surface area contributed by atoms with Crippen molar-refractivity contribution in [2.45, 2.75) is 39.2 Å². The van der Waals surface area contributed by atoms with Crippen molar-refractivity contribution in [3.63, 3.8) is 0 Å². The number of benzene rings is 2. The second kappa shape index (κ2) is 10.5. The summed E-state index contributed by atoms with van der Waals surface area (Å²) in [7, 11) is 2.02. The van der Waals surface area contributed by atoms with E-state index >= 15 is 0 Å². The van der Waals surface area contributed by atoms with Crippen molar-refractivity contribution >= 4 is 22.9 Å². The van der Waals surface area contributed by atoms with E-state index in [0.717, 1.165) is 35.7 Å². The maximum absolute atomic E-state index is 13.0. The van der Waals surface area contributed by atoms with Gasteiger partial charge in [-0.2, -0.15) is 5.10 Å². The van der Waals surface area contributed by atoms with Gasteiger partial charge in [-0.05, 0) is 61.4 Å². The quantitative estimate of drug-likeness (QED) is 0.349. The number of carbonyl (C=O) groups excluding carboxylic acids is 1. The van der Waals surface area contributed by atoms with Crippen LogP contribution in [0, 0.1) is 6.92 Å². The number of halogens is 3. The van der Waals surface area contributed by atoms with Crippen molar-refractivity contribution in [1.29, 1.82) is 0 Å². The highest BCUT2D eigenvalue weighted by atomic mass is 19.4. The van der Waals surface area contributed by atoms with Crippen molar-refractivity contribution in [2.75, 3.05) is 29.9 Å². The summed E-state index contributed by atoms with van der Waals surface area (Å²) >= 11 is 0. The molecule has 0 radical (unpaired) electrons. The fourth-order valence-corrected chi connectivity index (χ4v) is 4.68. The van der Waals surface area contributed by atoms with Crippen LogP contribution in [-0.2, 0) is 13.0 Å². The minimum absolute atomic E-state index is 0.200. The Bertz CT molecular complexity index is 1460. The Morgan fingerprint density at radius 2 is 1.79 bits per heavy atom. The summed E-state index contributed by atoms with van der Waals surface area (Å²) in [5, 5.41) is 7.54. The minimum atomic E-state index is -4.70. The van der Waals surface area contributed by atoms with E-state index in [4.69, 9.17) is 0 Å². The summed E-state index contributed by atoms with van der Waals surface area (Å²) in [5.74, 6) is -0.429. The van der Waals surface area contributed by atoms with Crippen LogP contribution in [0.1, 0.15) is 34.2 Å². The normalized spacial score (nSPS) is 13.8. The van der Waals surface area contributed by atoms with Gasteiger partial charge in [0, 0.05) is 49.9 Å². The molecule has 0 atom stereocenters. The van der Waals surface area contributed by atoms with Crippen LogP contribution in [0.4, 0.5) is 24.5 Å². The number of likely N-dealkylation sites (N-methyl/N-ethyl adjacent to an activating group) is 1. The van der Waals surface area contributed by atoms with Crippen molar-refractivity contribution in [1.82, 2.24) is 19.9 Å². The predicted molar refractivity (Wildman–Crippen MR) is 142 cm³/mol. The van der Waals surface area contributed by atoms with Gasteiger partial charge in [0.25, 0.3) is 5.91 Å². The van der Waals surface area contributed by atoms with E-state index in [1.54, 1.807) is 22.8 Å². The van der Waals surface area contributed by atoms with E-state index < -0.39 is 6.36 Å². The lowest BCUT2D eigenvalue weighted by molar-refractivity contribution is -0.274. The zero-order valence-electron chi connectivity index (χ0n) is 21.9. The molecular formula is C28H29F3N6O2. The Kier molecular flexibility index (Phi) is 7.07. The summed E-state index contributed by atoms with van der Waals surface area (Å²) in [4.78, 5) is 21.7. The van der Waals surface area contributed by atoms with Gasteiger partial charge >= 0.3 is 6.36 Å². The Labute approximate surface area is 224 Å². The molecule has 2 aromatic carbocycles. The van der Waals surface area contributed by atoms with Crippen LogP contribution in [0.25, 0.3) is 5.65 Å². The Balaban J connectivity index is 1.15. The van der Waals surface area contributed by atoms with Crippen LogP contribution in [0.5, 0.6) is 5.75 Å². The van der Waals surface area contributed by atoms with E-state index in [0.29, 0.717) is 29.9 Å². The number of ether oxygens (including phenoxy) is 1. The van der Waals surface area contributed by atoms with Gasteiger partial charge in [-0.3, -0.25) is 4.79 Å². The number of hydrogen-bond donors (Lipinski definition) is 1. The highest BCUT2D eigenvalue weighted by molar-refractivity contribution is 6.01. The number of alkyl halides is 3. The van der Waals surface area contributed by atoms with Gasteiger partial charge in [0.1, 0.15) is 11.3 Å². The first-order valence-corrected chi connectivity index (χ1v) is 12.7. The van der Waals surface area contributed by atoms with Gasteiger partial charge in [-0.15, -0.1) is 13.2 Å². The van der Waals surface area contributed by atoms with Crippen molar-refractivity contribution < 1.29 is 22.7 Å². The van der Waals surface area contributed by atoms with Crippen molar-refractivity contribution in [3.8, 4) is 5.75 Å². The largest absolute Gasteiger partial charge is 0.573 e. The SMILES string of the molecule is CCc1nn2c(C)ccnc2c1C(=O)NCc1ccc(N(C)C2CN(c3ccc(OC(F)(F)F)cc3)C2)cc1. The zero-order chi connectivity index (χ0) is 27.7. The third kappa shape index (κ3) is 5.62.